The molecule has 1 saturated carbocycles. The van der Waals surface area contributed by atoms with Gasteiger partial charge in [0.2, 0.25) is 5.95 Å². The monoisotopic (exact) mass is 551 g/mol. The van der Waals surface area contributed by atoms with E-state index in [1.807, 2.05) is 13.0 Å². The van der Waals surface area contributed by atoms with Crippen LogP contribution in [-0.2, 0) is 0 Å². The van der Waals surface area contributed by atoms with E-state index in [0.717, 1.165) is 58.4 Å². The van der Waals surface area contributed by atoms with Gasteiger partial charge in [0.1, 0.15) is 5.82 Å². The Morgan fingerprint density at radius 3 is 2.54 bits per heavy atom. The lowest BCUT2D eigenvalue weighted by Gasteiger charge is -2.32. The fraction of sp³-hybridized carbons (Fsp3) is 0.679. The summed E-state index contributed by atoms with van der Waals surface area (Å²) in [6.45, 7) is 12.8. The lowest BCUT2D eigenvalue weighted by molar-refractivity contribution is -0.135. The van der Waals surface area contributed by atoms with Crippen LogP contribution in [0.25, 0.3) is 5.70 Å². The maximum Gasteiger partial charge on any atom is 0.389 e. The van der Waals surface area contributed by atoms with Gasteiger partial charge in [-0.25, -0.2) is 4.98 Å². The number of aliphatic hydroxyl groups is 1. The normalized spacial score (nSPS) is 22.9. The number of nitrogens with zero attached hydrogens (tertiary/aromatic N) is 5. The molecule has 3 N–H and O–H groups in total. The van der Waals surface area contributed by atoms with Crippen molar-refractivity contribution in [3.05, 3.63) is 29.5 Å². The molecule has 0 spiro atoms. The Morgan fingerprint density at radius 1 is 1.21 bits per heavy atom. The van der Waals surface area contributed by atoms with Crippen LogP contribution in [0.15, 0.2) is 28.9 Å². The van der Waals surface area contributed by atoms with Gasteiger partial charge in [0.25, 0.3) is 0 Å². The standard InChI is InChI=1S/C28H44F3N7O/c1-20(19-38-16-14-37(4)15-17-38)7-12-25(32-3)24-18-33-27(34-21(2)6-5-13-28(29,30)31)36-26(24)35-22-8-10-23(39)11-9-22/h7,12,18,21-23,39H,3,5-6,8-11,13-17,19H2,1-2,4H3,(H2,33,34,35,36)/b20-7+,25-12-. The van der Waals surface area contributed by atoms with Crippen molar-refractivity contribution in [1.82, 2.24) is 19.8 Å². The Morgan fingerprint density at radius 2 is 1.90 bits per heavy atom. The molecule has 1 atom stereocenters. The van der Waals surface area contributed by atoms with Crippen molar-refractivity contribution in [1.29, 1.82) is 0 Å². The Labute approximate surface area is 230 Å². The Bertz CT molecular complexity index is 982. The maximum atomic E-state index is 12.5. The third kappa shape index (κ3) is 10.9. The largest absolute Gasteiger partial charge is 0.393 e. The molecule has 11 heteroatoms. The van der Waals surface area contributed by atoms with E-state index in [1.165, 1.54) is 5.57 Å². The Hall–Kier alpha value is -2.50. The zero-order chi connectivity index (χ0) is 28.4. The molecule has 1 aromatic rings. The molecule has 2 heterocycles. The summed E-state index contributed by atoms with van der Waals surface area (Å²) in [5.41, 5.74) is 2.55. The van der Waals surface area contributed by atoms with Crippen molar-refractivity contribution in [3.63, 3.8) is 0 Å². The first-order chi connectivity index (χ1) is 18.5. The first kappa shape index (κ1) is 31.0. The van der Waals surface area contributed by atoms with Crippen LogP contribution in [0.3, 0.4) is 0 Å². The van der Waals surface area contributed by atoms with Crippen LogP contribution >= 0.6 is 0 Å². The molecule has 2 aliphatic rings. The fourth-order valence-electron chi connectivity index (χ4n) is 4.92. The van der Waals surface area contributed by atoms with Gasteiger partial charge in [0.15, 0.2) is 0 Å². The number of hydrogen-bond acceptors (Lipinski definition) is 8. The van der Waals surface area contributed by atoms with Gasteiger partial charge in [-0.1, -0.05) is 11.6 Å². The Balaban J connectivity index is 1.75. The van der Waals surface area contributed by atoms with Gasteiger partial charge in [-0.2, -0.15) is 18.2 Å². The summed E-state index contributed by atoms with van der Waals surface area (Å²) in [5.74, 6) is 0.946. The SMILES string of the molecule is C=N/C(=C\C=C(/C)CN1CCN(C)CC1)c1cnc(NC(C)CCCC(F)(F)F)nc1NC1CCC(O)CC1. The highest BCUT2D eigenvalue weighted by atomic mass is 19.4. The number of allylic oxidation sites excluding steroid dienone is 2. The van der Waals surface area contributed by atoms with E-state index in [4.69, 9.17) is 4.98 Å². The third-order valence-corrected chi connectivity index (χ3v) is 7.34. The van der Waals surface area contributed by atoms with Gasteiger partial charge in [-0.3, -0.25) is 9.89 Å². The molecule has 3 rings (SSSR count). The molecule has 1 unspecified atom stereocenters. The second kappa shape index (κ2) is 14.8. The van der Waals surface area contributed by atoms with Crippen LogP contribution in [0.2, 0.25) is 0 Å². The number of anilines is 2. The summed E-state index contributed by atoms with van der Waals surface area (Å²) in [7, 11) is 2.14. The van der Waals surface area contributed by atoms with Gasteiger partial charge in [-0.15, -0.1) is 0 Å². The number of aromatic nitrogens is 2. The van der Waals surface area contributed by atoms with Crippen LogP contribution in [0.1, 0.15) is 64.4 Å². The van der Waals surface area contributed by atoms with Crippen molar-refractivity contribution in [3.8, 4) is 0 Å². The number of rotatable bonds is 12. The van der Waals surface area contributed by atoms with Crippen molar-refractivity contribution in [2.45, 2.75) is 83.2 Å². The van der Waals surface area contributed by atoms with Gasteiger partial charge in [-0.05, 0) is 72.2 Å². The number of aliphatic imine (C=N–C) groups is 1. The summed E-state index contributed by atoms with van der Waals surface area (Å²) < 4.78 is 37.6. The number of halogens is 3. The topological polar surface area (TPSA) is 88.9 Å². The van der Waals surface area contributed by atoms with Crippen molar-refractivity contribution < 1.29 is 18.3 Å². The average molecular weight is 552 g/mol. The molecule has 2 fully saturated rings. The predicted octanol–water partition coefficient (Wildman–Crippen LogP) is 4.96. The molecule has 1 aliphatic heterocycles. The van der Waals surface area contributed by atoms with Gasteiger partial charge < -0.3 is 20.6 Å². The number of alkyl halides is 3. The summed E-state index contributed by atoms with van der Waals surface area (Å²) in [6.07, 6.45) is 3.88. The summed E-state index contributed by atoms with van der Waals surface area (Å²) in [5, 5.41) is 16.6. The first-order valence-corrected chi connectivity index (χ1v) is 13.9. The van der Waals surface area contributed by atoms with Gasteiger partial charge >= 0.3 is 6.18 Å². The van der Waals surface area contributed by atoms with Crippen molar-refractivity contribution in [2.75, 3.05) is 50.4 Å². The van der Waals surface area contributed by atoms with Gasteiger partial charge in [0.05, 0.1) is 17.4 Å². The molecule has 1 aromatic heterocycles. The minimum atomic E-state index is -4.15. The van der Waals surface area contributed by atoms with E-state index in [1.54, 1.807) is 6.20 Å². The molecule has 0 bridgehead atoms. The van der Waals surface area contributed by atoms with E-state index in [0.29, 0.717) is 29.4 Å². The number of hydrogen-bond donors (Lipinski definition) is 3. The smallest absolute Gasteiger partial charge is 0.389 e. The molecule has 218 valence electrons. The van der Waals surface area contributed by atoms with Crippen LogP contribution in [0.5, 0.6) is 0 Å². The highest BCUT2D eigenvalue weighted by Gasteiger charge is 2.26. The number of piperazine rings is 1. The minimum Gasteiger partial charge on any atom is -0.393 e. The molecule has 1 aliphatic carbocycles. The second-order valence-corrected chi connectivity index (χ2v) is 11.0. The van der Waals surface area contributed by atoms with E-state index in [9.17, 15) is 18.3 Å². The van der Waals surface area contributed by atoms with Crippen LogP contribution in [-0.4, -0.2) is 95.7 Å². The molecule has 39 heavy (non-hydrogen) atoms. The highest BCUT2D eigenvalue weighted by molar-refractivity contribution is 5.76. The van der Waals surface area contributed by atoms with Crippen LogP contribution < -0.4 is 10.6 Å². The highest BCUT2D eigenvalue weighted by Crippen LogP contribution is 2.29. The zero-order valence-electron chi connectivity index (χ0n) is 23.5. The third-order valence-electron chi connectivity index (χ3n) is 7.34. The minimum absolute atomic E-state index is 0.0400. The second-order valence-electron chi connectivity index (χ2n) is 11.0. The molecule has 1 saturated heterocycles. The van der Waals surface area contributed by atoms with Crippen molar-refractivity contribution in [2.24, 2.45) is 4.99 Å². The molecular weight excluding hydrogens is 507 g/mol. The predicted molar refractivity (Wildman–Crippen MR) is 152 cm³/mol. The lowest BCUT2D eigenvalue weighted by Crippen LogP contribution is -2.44. The number of nitrogens with one attached hydrogen (secondary N) is 2. The fourth-order valence-corrected chi connectivity index (χ4v) is 4.92. The van der Waals surface area contributed by atoms with Crippen molar-refractivity contribution >= 4 is 24.2 Å². The summed E-state index contributed by atoms with van der Waals surface area (Å²) >= 11 is 0. The number of likely N-dealkylation sites (N-methyl/N-ethyl adjacent to an activating group) is 1. The van der Waals surface area contributed by atoms with E-state index in [-0.39, 0.29) is 24.6 Å². The van der Waals surface area contributed by atoms with E-state index >= 15 is 0 Å². The van der Waals surface area contributed by atoms with Gasteiger partial charge in [0, 0.05) is 57.4 Å². The Kier molecular flexibility index (Phi) is 11.7. The number of aliphatic hydroxyl groups excluding tert-OH is 1. The quantitative estimate of drug-likeness (QED) is 0.250. The molecule has 8 nitrogen and oxygen atoms in total. The molecule has 0 amide bonds. The molecule has 0 aromatic carbocycles. The molecular formula is C28H44F3N7O. The van der Waals surface area contributed by atoms with Crippen LogP contribution in [0, 0.1) is 0 Å². The van der Waals surface area contributed by atoms with E-state index in [2.05, 4.69) is 57.2 Å². The zero-order valence-corrected chi connectivity index (χ0v) is 23.5. The lowest BCUT2D eigenvalue weighted by atomic mass is 9.93. The molecule has 0 radical (unpaired) electrons. The van der Waals surface area contributed by atoms with Crippen LogP contribution in [0.4, 0.5) is 24.9 Å². The maximum absolute atomic E-state index is 12.5. The summed E-state index contributed by atoms with van der Waals surface area (Å²) in [4.78, 5) is 18.2. The first-order valence-electron chi connectivity index (χ1n) is 13.9. The average Bonchev–Trinajstić information content (AvgIpc) is 2.87. The van der Waals surface area contributed by atoms with E-state index < -0.39 is 12.6 Å². The summed E-state index contributed by atoms with van der Waals surface area (Å²) in [6, 6.07) is -0.0803.